The van der Waals surface area contributed by atoms with E-state index in [1.54, 1.807) is 23.1 Å². The molecule has 0 heterocycles. The van der Waals surface area contributed by atoms with Crippen LogP contribution in [-0.4, -0.2) is 37.0 Å². The lowest BCUT2D eigenvalue weighted by molar-refractivity contribution is -0.140. The summed E-state index contributed by atoms with van der Waals surface area (Å²) in [4.78, 5) is 25.4. The fourth-order valence-electron chi connectivity index (χ4n) is 1.90. The van der Waals surface area contributed by atoms with Crippen LogP contribution in [0.5, 0.6) is 0 Å². The number of anilines is 1. The lowest BCUT2D eigenvalue weighted by atomic mass is 10.1. The molecule has 0 spiro atoms. The summed E-state index contributed by atoms with van der Waals surface area (Å²) in [5.41, 5.74) is 6.55. The number of halogens is 1. The predicted molar refractivity (Wildman–Crippen MR) is 83.2 cm³/mol. The number of amides is 1. The second kappa shape index (κ2) is 7.88. The summed E-state index contributed by atoms with van der Waals surface area (Å²) in [6.07, 6.45) is 0.165. The van der Waals surface area contributed by atoms with Gasteiger partial charge in [0.2, 0.25) is 0 Å². The van der Waals surface area contributed by atoms with Crippen molar-refractivity contribution in [2.24, 2.45) is 5.92 Å². The predicted octanol–water partition coefficient (Wildman–Crippen LogP) is 2.58. The minimum Gasteiger partial charge on any atom is -0.469 e. The molecule has 0 aromatic heterocycles. The van der Waals surface area contributed by atoms with Crippen molar-refractivity contribution in [2.75, 3.05) is 25.9 Å². The van der Waals surface area contributed by atoms with Crippen molar-refractivity contribution >= 4 is 29.2 Å². The number of rotatable bonds is 6. The largest absolute Gasteiger partial charge is 0.469 e. The zero-order valence-corrected chi connectivity index (χ0v) is 13.3. The first-order chi connectivity index (χ1) is 9.85. The van der Waals surface area contributed by atoms with Crippen LogP contribution in [0.4, 0.5) is 5.69 Å². The van der Waals surface area contributed by atoms with Gasteiger partial charge in [-0.2, -0.15) is 0 Å². The van der Waals surface area contributed by atoms with Crippen LogP contribution in [0.25, 0.3) is 0 Å². The summed E-state index contributed by atoms with van der Waals surface area (Å²) >= 11 is 5.86. The summed E-state index contributed by atoms with van der Waals surface area (Å²) in [7, 11) is 1.33. The molecule has 1 aromatic rings. The standard InChI is InChI=1S/C15H21ClN2O3/c1-10(2)9-18(7-6-14(19)21-3)15(20)11-4-5-12(16)13(17)8-11/h4-5,8,10H,6-7,9,17H2,1-3H3. The van der Waals surface area contributed by atoms with Crippen molar-refractivity contribution in [2.45, 2.75) is 20.3 Å². The molecule has 1 aromatic carbocycles. The van der Waals surface area contributed by atoms with Crippen LogP contribution in [0.3, 0.4) is 0 Å². The van der Waals surface area contributed by atoms with Crippen LogP contribution in [0.2, 0.25) is 5.02 Å². The molecule has 0 unspecified atom stereocenters. The highest BCUT2D eigenvalue weighted by molar-refractivity contribution is 6.33. The lowest BCUT2D eigenvalue weighted by Crippen LogP contribution is -2.36. The highest BCUT2D eigenvalue weighted by Crippen LogP contribution is 2.20. The Labute approximate surface area is 130 Å². The quantitative estimate of drug-likeness (QED) is 0.647. The molecule has 0 fully saturated rings. The van der Waals surface area contributed by atoms with Gasteiger partial charge in [-0.3, -0.25) is 9.59 Å². The summed E-state index contributed by atoms with van der Waals surface area (Å²) < 4.78 is 4.61. The van der Waals surface area contributed by atoms with Crippen LogP contribution >= 0.6 is 11.6 Å². The molecule has 0 aliphatic heterocycles. The second-order valence-electron chi connectivity index (χ2n) is 5.21. The number of ether oxygens (including phenoxy) is 1. The average molecular weight is 313 g/mol. The van der Waals surface area contributed by atoms with Gasteiger partial charge in [-0.1, -0.05) is 25.4 Å². The Morgan fingerprint density at radius 3 is 2.57 bits per heavy atom. The molecule has 21 heavy (non-hydrogen) atoms. The number of methoxy groups -OCH3 is 1. The first kappa shape index (κ1) is 17.3. The summed E-state index contributed by atoms with van der Waals surface area (Å²) in [6.45, 7) is 4.88. The molecule has 1 rings (SSSR count). The highest BCUT2D eigenvalue weighted by atomic mass is 35.5. The zero-order valence-electron chi connectivity index (χ0n) is 12.6. The van der Waals surface area contributed by atoms with E-state index in [-0.39, 0.29) is 24.2 Å². The molecular formula is C15H21ClN2O3. The third-order valence-electron chi connectivity index (χ3n) is 2.93. The summed E-state index contributed by atoms with van der Waals surface area (Å²) in [6, 6.07) is 4.78. The van der Waals surface area contributed by atoms with Gasteiger partial charge in [0, 0.05) is 18.7 Å². The van der Waals surface area contributed by atoms with Crippen molar-refractivity contribution < 1.29 is 14.3 Å². The first-order valence-electron chi connectivity index (χ1n) is 6.76. The van der Waals surface area contributed by atoms with E-state index in [2.05, 4.69) is 4.74 Å². The molecule has 0 saturated heterocycles. The number of carbonyl (C=O) groups excluding carboxylic acids is 2. The maximum atomic E-state index is 12.5. The van der Waals surface area contributed by atoms with Crippen LogP contribution in [0, 0.1) is 5.92 Å². The van der Waals surface area contributed by atoms with Crippen LogP contribution in [-0.2, 0) is 9.53 Å². The highest BCUT2D eigenvalue weighted by Gasteiger charge is 2.18. The van der Waals surface area contributed by atoms with Crippen LogP contribution < -0.4 is 5.73 Å². The van der Waals surface area contributed by atoms with Gasteiger partial charge in [-0.05, 0) is 24.1 Å². The Bertz CT molecular complexity index is 518. The van der Waals surface area contributed by atoms with E-state index in [1.807, 2.05) is 13.8 Å². The van der Waals surface area contributed by atoms with Gasteiger partial charge in [-0.15, -0.1) is 0 Å². The second-order valence-corrected chi connectivity index (χ2v) is 5.61. The molecule has 5 nitrogen and oxygen atoms in total. The third kappa shape index (κ3) is 5.27. The summed E-state index contributed by atoms with van der Waals surface area (Å²) in [5, 5.41) is 0.413. The van der Waals surface area contributed by atoms with E-state index in [1.165, 1.54) is 7.11 Å². The monoisotopic (exact) mass is 312 g/mol. The molecule has 2 N–H and O–H groups in total. The lowest BCUT2D eigenvalue weighted by Gasteiger charge is -2.24. The van der Waals surface area contributed by atoms with E-state index >= 15 is 0 Å². The van der Waals surface area contributed by atoms with Gasteiger partial charge in [0.15, 0.2) is 0 Å². The first-order valence-corrected chi connectivity index (χ1v) is 7.14. The fraction of sp³-hybridized carbons (Fsp3) is 0.467. The Kier molecular flexibility index (Phi) is 6.49. The Hall–Kier alpha value is -1.75. The molecule has 0 aliphatic carbocycles. The van der Waals surface area contributed by atoms with Crippen LogP contribution in [0.1, 0.15) is 30.6 Å². The number of nitrogens with two attached hydrogens (primary N) is 1. The third-order valence-corrected chi connectivity index (χ3v) is 3.27. The minimum absolute atomic E-state index is 0.165. The number of nitrogens with zero attached hydrogens (tertiary/aromatic N) is 1. The maximum absolute atomic E-state index is 12.5. The van der Waals surface area contributed by atoms with Gasteiger partial charge in [0.1, 0.15) is 0 Å². The molecule has 0 atom stereocenters. The summed E-state index contributed by atoms with van der Waals surface area (Å²) in [5.74, 6) is -0.223. The van der Waals surface area contributed by atoms with Crippen molar-refractivity contribution in [3.8, 4) is 0 Å². The molecular weight excluding hydrogens is 292 g/mol. The number of esters is 1. The normalized spacial score (nSPS) is 10.5. The van der Waals surface area contributed by atoms with Gasteiger partial charge in [0.25, 0.3) is 5.91 Å². The van der Waals surface area contributed by atoms with Gasteiger partial charge in [0.05, 0.1) is 24.2 Å². The Morgan fingerprint density at radius 2 is 2.05 bits per heavy atom. The van der Waals surface area contributed by atoms with Gasteiger partial charge < -0.3 is 15.4 Å². The Morgan fingerprint density at radius 1 is 1.38 bits per heavy atom. The molecule has 0 radical (unpaired) electrons. The minimum atomic E-state index is -0.341. The number of hydrogen-bond acceptors (Lipinski definition) is 4. The Balaban J connectivity index is 2.87. The topological polar surface area (TPSA) is 72.6 Å². The number of carbonyl (C=O) groups is 2. The zero-order chi connectivity index (χ0) is 16.0. The van der Waals surface area contributed by atoms with Crippen molar-refractivity contribution in [1.82, 2.24) is 4.90 Å². The van der Waals surface area contributed by atoms with E-state index in [4.69, 9.17) is 17.3 Å². The van der Waals surface area contributed by atoms with E-state index < -0.39 is 0 Å². The van der Waals surface area contributed by atoms with Crippen molar-refractivity contribution in [3.05, 3.63) is 28.8 Å². The molecule has 0 saturated carbocycles. The number of nitrogen functional groups attached to an aromatic ring is 1. The van der Waals surface area contributed by atoms with Crippen molar-refractivity contribution in [3.63, 3.8) is 0 Å². The van der Waals surface area contributed by atoms with Gasteiger partial charge >= 0.3 is 5.97 Å². The number of hydrogen-bond donors (Lipinski definition) is 1. The average Bonchev–Trinajstić information content (AvgIpc) is 2.44. The van der Waals surface area contributed by atoms with E-state index in [0.717, 1.165) is 0 Å². The molecule has 116 valence electrons. The fourth-order valence-corrected chi connectivity index (χ4v) is 2.02. The van der Waals surface area contributed by atoms with Gasteiger partial charge in [-0.25, -0.2) is 0 Å². The molecule has 1 amide bonds. The van der Waals surface area contributed by atoms with E-state index in [0.29, 0.717) is 29.4 Å². The molecule has 0 aliphatic rings. The van der Waals surface area contributed by atoms with Crippen molar-refractivity contribution in [1.29, 1.82) is 0 Å². The molecule has 0 bridgehead atoms. The van der Waals surface area contributed by atoms with E-state index in [9.17, 15) is 9.59 Å². The molecule has 6 heteroatoms. The smallest absolute Gasteiger partial charge is 0.307 e. The maximum Gasteiger partial charge on any atom is 0.307 e. The number of benzene rings is 1. The van der Waals surface area contributed by atoms with Crippen LogP contribution in [0.15, 0.2) is 18.2 Å². The SMILES string of the molecule is COC(=O)CCN(CC(C)C)C(=O)c1ccc(Cl)c(N)c1.